The molecule has 1 aliphatic carbocycles. The number of carbonyl (C=O) groups excluding carboxylic acids is 1. The van der Waals surface area contributed by atoms with E-state index in [1.165, 1.54) is 6.07 Å². The van der Waals surface area contributed by atoms with Gasteiger partial charge in [0.05, 0.1) is 0 Å². The monoisotopic (exact) mass is 196 g/mol. The Bertz CT molecular complexity index is 642. The van der Waals surface area contributed by atoms with Gasteiger partial charge in [0.2, 0.25) is 0 Å². The van der Waals surface area contributed by atoms with E-state index in [1.807, 2.05) is 24.3 Å². The molecule has 0 saturated carbocycles. The van der Waals surface area contributed by atoms with Crippen molar-refractivity contribution in [2.45, 2.75) is 6.42 Å². The summed E-state index contributed by atoms with van der Waals surface area (Å²) in [5.41, 5.74) is 1.51. The molecule has 72 valence electrons. The normalized spacial score (nSPS) is 13.5. The van der Waals surface area contributed by atoms with E-state index in [-0.39, 0.29) is 11.2 Å². The maximum atomic E-state index is 11.5. The minimum absolute atomic E-state index is 0.0726. The third kappa shape index (κ3) is 1.11. The third-order valence-electron chi connectivity index (χ3n) is 2.83. The van der Waals surface area contributed by atoms with Crippen molar-refractivity contribution in [1.29, 1.82) is 0 Å². The van der Waals surface area contributed by atoms with E-state index >= 15 is 0 Å². The Kier molecular flexibility index (Phi) is 1.54. The van der Waals surface area contributed by atoms with Crippen LogP contribution in [0.5, 0.6) is 0 Å². The fourth-order valence-corrected chi connectivity index (χ4v) is 2.06. The summed E-state index contributed by atoms with van der Waals surface area (Å²) < 4.78 is 0. The minimum atomic E-state index is -0.0968. The number of ketones is 1. The molecule has 0 aliphatic heterocycles. The molecule has 0 heterocycles. The SMILES string of the molecule is O=C1Cc2c1cc(=O)cc1ccccc21. The molecule has 0 amide bonds. The van der Waals surface area contributed by atoms with Crippen molar-refractivity contribution in [1.82, 2.24) is 0 Å². The first-order chi connectivity index (χ1) is 7.25. The molecule has 0 bridgehead atoms. The second-order valence-electron chi connectivity index (χ2n) is 3.77. The first-order valence-electron chi connectivity index (χ1n) is 4.85. The van der Waals surface area contributed by atoms with Crippen LogP contribution in [0.3, 0.4) is 0 Å². The lowest BCUT2D eigenvalue weighted by atomic mass is 9.86. The van der Waals surface area contributed by atoms with Crippen LogP contribution in [0, 0.1) is 0 Å². The Morgan fingerprint density at radius 1 is 1.00 bits per heavy atom. The van der Waals surface area contributed by atoms with Gasteiger partial charge >= 0.3 is 0 Å². The summed E-state index contributed by atoms with van der Waals surface area (Å²) in [5.74, 6) is 0.0726. The van der Waals surface area contributed by atoms with E-state index in [2.05, 4.69) is 0 Å². The molecule has 0 N–H and O–H groups in total. The maximum Gasteiger partial charge on any atom is 0.179 e. The van der Waals surface area contributed by atoms with Gasteiger partial charge in [0.1, 0.15) is 0 Å². The fourth-order valence-electron chi connectivity index (χ4n) is 2.06. The molecule has 2 heteroatoms. The van der Waals surface area contributed by atoms with Crippen LogP contribution in [-0.4, -0.2) is 5.78 Å². The molecule has 2 nitrogen and oxygen atoms in total. The van der Waals surface area contributed by atoms with Crippen LogP contribution in [0.2, 0.25) is 0 Å². The van der Waals surface area contributed by atoms with Crippen molar-refractivity contribution in [2.24, 2.45) is 0 Å². The number of carbonyl (C=O) groups is 1. The molecular formula is C13H8O2. The highest BCUT2D eigenvalue weighted by Crippen LogP contribution is 2.27. The van der Waals surface area contributed by atoms with Crippen LogP contribution >= 0.6 is 0 Å². The first-order valence-corrected chi connectivity index (χ1v) is 4.85. The lowest BCUT2D eigenvalue weighted by Gasteiger charge is -2.15. The highest BCUT2D eigenvalue weighted by molar-refractivity contribution is 6.11. The van der Waals surface area contributed by atoms with Crippen molar-refractivity contribution in [3.63, 3.8) is 0 Å². The molecule has 0 saturated heterocycles. The number of hydrogen-bond acceptors (Lipinski definition) is 2. The van der Waals surface area contributed by atoms with Crippen molar-refractivity contribution >= 4 is 16.6 Å². The van der Waals surface area contributed by atoms with Gasteiger partial charge in [-0.1, -0.05) is 24.3 Å². The Morgan fingerprint density at radius 3 is 2.60 bits per heavy atom. The van der Waals surface area contributed by atoms with E-state index in [0.717, 1.165) is 16.3 Å². The highest BCUT2D eigenvalue weighted by Gasteiger charge is 2.24. The average Bonchev–Trinajstić information content (AvgIpc) is 2.34. The van der Waals surface area contributed by atoms with E-state index in [4.69, 9.17) is 0 Å². The first kappa shape index (κ1) is 8.36. The largest absolute Gasteiger partial charge is 0.294 e. The molecular weight excluding hydrogens is 188 g/mol. The van der Waals surface area contributed by atoms with Crippen molar-refractivity contribution in [3.05, 3.63) is 57.7 Å². The summed E-state index contributed by atoms with van der Waals surface area (Å²) >= 11 is 0. The van der Waals surface area contributed by atoms with Crippen LogP contribution in [0.4, 0.5) is 0 Å². The van der Waals surface area contributed by atoms with Gasteiger partial charge in [-0.25, -0.2) is 0 Å². The van der Waals surface area contributed by atoms with E-state index in [1.54, 1.807) is 6.07 Å². The van der Waals surface area contributed by atoms with E-state index < -0.39 is 0 Å². The molecule has 1 aliphatic rings. The molecule has 0 aromatic heterocycles. The standard InChI is InChI=1S/C13H8O2/c14-9-5-8-3-1-2-4-10(8)11-7-13(15)12(11)6-9/h1-6H,7H2. The molecule has 15 heavy (non-hydrogen) atoms. The van der Waals surface area contributed by atoms with E-state index in [9.17, 15) is 9.59 Å². The number of Topliss-reactive ketones (excluding diaryl/α,β-unsaturated/α-hetero) is 1. The molecule has 2 aromatic rings. The number of hydrogen-bond donors (Lipinski definition) is 0. The molecule has 0 radical (unpaired) electrons. The summed E-state index contributed by atoms with van der Waals surface area (Å²) in [4.78, 5) is 22.8. The van der Waals surface area contributed by atoms with Gasteiger partial charge in [0, 0.05) is 12.0 Å². The van der Waals surface area contributed by atoms with E-state index in [0.29, 0.717) is 12.0 Å². The summed E-state index contributed by atoms with van der Waals surface area (Å²) in [7, 11) is 0. The molecule has 0 fully saturated rings. The second kappa shape index (κ2) is 2.76. The second-order valence-corrected chi connectivity index (χ2v) is 3.77. The highest BCUT2D eigenvalue weighted by atomic mass is 16.1. The summed E-state index contributed by atoms with van der Waals surface area (Å²) in [5, 5.41) is 1.94. The van der Waals surface area contributed by atoms with Crippen molar-refractivity contribution in [3.8, 4) is 0 Å². The van der Waals surface area contributed by atoms with Crippen molar-refractivity contribution in [2.75, 3.05) is 0 Å². The average molecular weight is 196 g/mol. The van der Waals surface area contributed by atoms with Gasteiger partial charge in [-0.3, -0.25) is 9.59 Å². The molecule has 2 aromatic carbocycles. The van der Waals surface area contributed by atoms with Gasteiger partial charge in [-0.2, -0.15) is 0 Å². The maximum absolute atomic E-state index is 11.5. The number of rotatable bonds is 0. The van der Waals surface area contributed by atoms with Crippen LogP contribution in [0.25, 0.3) is 10.8 Å². The Balaban J connectivity index is 2.58. The lowest BCUT2D eigenvalue weighted by molar-refractivity contribution is 0.0969. The van der Waals surface area contributed by atoms with Gasteiger partial charge in [-0.05, 0) is 28.5 Å². The Labute approximate surface area is 86.2 Å². The molecule has 0 unspecified atom stereocenters. The van der Waals surface area contributed by atoms with Gasteiger partial charge < -0.3 is 0 Å². The van der Waals surface area contributed by atoms with Gasteiger partial charge in [0.25, 0.3) is 0 Å². The predicted octanol–water partition coefficient (Wildman–Crippen LogP) is 1.94. The predicted molar refractivity (Wildman–Crippen MR) is 58.3 cm³/mol. The topological polar surface area (TPSA) is 34.1 Å². The molecule has 3 rings (SSSR count). The summed E-state index contributed by atoms with van der Waals surface area (Å²) in [6, 6.07) is 10.7. The Morgan fingerprint density at radius 2 is 1.80 bits per heavy atom. The van der Waals surface area contributed by atoms with Gasteiger partial charge in [-0.15, -0.1) is 0 Å². The number of fused-ring (bicyclic) bond motifs is 3. The quantitative estimate of drug-likeness (QED) is 0.645. The van der Waals surface area contributed by atoms with Gasteiger partial charge in [0.15, 0.2) is 11.2 Å². The zero-order valence-corrected chi connectivity index (χ0v) is 7.99. The summed E-state index contributed by atoms with van der Waals surface area (Å²) in [6.45, 7) is 0. The number of benzene rings is 1. The summed E-state index contributed by atoms with van der Waals surface area (Å²) in [6.07, 6.45) is 0.462. The van der Waals surface area contributed by atoms with Crippen LogP contribution in [0.15, 0.2) is 41.2 Å². The zero-order valence-electron chi connectivity index (χ0n) is 7.99. The minimum Gasteiger partial charge on any atom is -0.294 e. The van der Waals surface area contributed by atoms with Crippen LogP contribution < -0.4 is 5.43 Å². The lowest BCUT2D eigenvalue weighted by Crippen LogP contribution is -2.18. The van der Waals surface area contributed by atoms with Crippen LogP contribution in [0.1, 0.15) is 15.9 Å². The van der Waals surface area contributed by atoms with Crippen molar-refractivity contribution < 1.29 is 4.79 Å². The van der Waals surface area contributed by atoms with Crippen LogP contribution in [-0.2, 0) is 6.42 Å². The fraction of sp³-hybridized carbons (Fsp3) is 0.0769. The third-order valence-corrected chi connectivity index (χ3v) is 2.83. The smallest absolute Gasteiger partial charge is 0.179 e. The molecule has 0 spiro atoms. The zero-order chi connectivity index (χ0) is 10.4. The Hall–Kier alpha value is -1.96. The molecule has 0 atom stereocenters.